The highest BCUT2D eigenvalue weighted by atomic mass is 79.9. The molecule has 1 atom stereocenters. The van der Waals surface area contributed by atoms with Crippen LogP contribution in [-0.4, -0.2) is 6.04 Å². The SMILES string of the molecule is Cc1cc(CNC2CC=CCC2)sc1Br. The molecule has 82 valence electrons. The lowest BCUT2D eigenvalue weighted by atomic mass is 10.0. The summed E-state index contributed by atoms with van der Waals surface area (Å²) in [5, 5.41) is 3.62. The third-order valence-electron chi connectivity index (χ3n) is 2.74. The summed E-state index contributed by atoms with van der Waals surface area (Å²) in [5.74, 6) is 0. The van der Waals surface area contributed by atoms with E-state index in [0.717, 1.165) is 6.54 Å². The maximum atomic E-state index is 3.62. The number of nitrogens with one attached hydrogen (secondary N) is 1. The van der Waals surface area contributed by atoms with E-state index in [0.29, 0.717) is 6.04 Å². The first-order chi connectivity index (χ1) is 7.25. The van der Waals surface area contributed by atoms with Crippen LogP contribution in [0, 0.1) is 6.92 Å². The van der Waals surface area contributed by atoms with Crippen molar-refractivity contribution in [3.63, 3.8) is 0 Å². The van der Waals surface area contributed by atoms with E-state index >= 15 is 0 Å². The molecule has 0 aromatic carbocycles. The van der Waals surface area contributed by atoms with Crippen LogP contribution in [0.5, 0.6) is 0 Å². The summed E-state index contributed by atoms with van der Waals surface area (Å²) in [6, 6.07) is 2.94. The van der Waals surface area contributed by atoms with Crippen LogP contribution in [0.2, 0.25) is 0 Å². The molecule has 0 saturated carbocycles. The number of halogens is 1. The summed E-state index contributed by atoms with van der Waals surface area (Å²) < 4.78 is 1.27. The topological polar surface area (TPSA) is 12.0 Å². The smallest absolute Gasteiger partial charge is 0.0730 e. The summed E-state index contributed by atoms with van der Waals surface area (Å²) in [6.07, 6.45) is 8.26. The van der Waals surface area contributed by atoms with Gasteiger partial charge in [-0.05, 0) is 53.7 Å². The van der Waals surface area contributed by atoms with Gasteiger partial charge in [-0.1, -0.05) is 12.2 Å². The third kappa shape index (κ3) is 3.16. The quantitative estimate of drug-likeness (QED) is 0.828. The van der Waals surface area contributed by atoms with Gasteiger partial charge < -0.3 is 5.32 Å². The van der Waals surface area contributed by atoms with Gasteiger partial charge in [0.1, 0.15) is 0 Å². The maximum Gasteiger partial charge on any atom is 0.0730 e. The van der Waals surface area contributed by atoms with Crippen LogP contribution in [0.3, 0.4) is 0 Å². The minimum atomic E-state index is 0.677. The van der Waals surface area contributed by atoms with Crippen molar-refractivity contribution in [2.75, 3.05) is 0 Å². The average molecular weight is 286 g/mol. The average Bonchev–Trinajstić information content (AvgIpc) is 2.57. The van der Waals surface area contributed by atoms with Gasteiger partial charge in [0.25, 0.3) is 0 Å². The minimum absolute atomic E-state index is 0.677. The van der Waals surface area contributed by atoms with Crippen LogP contribution in [0.1, 0.15) is 29.7 Å². The van der Waals surface area contributed by atoms with Gasteiger partial charge in [0.05, 0.1) is 3.79 Å². The zero-order chi connectivity index (χ0) is 10.7. The largest absolute Gasteiger partial charge is 0.309 e. The van der Waals surface area contributed by atoms with E-state index in [9.17, 15) is 0 Å². The summed E-state index contributed by atoms with van der Waals surface area (Å²) in [7, 11) is 0. The molecule has 0 radical (unpaired) electrons. The highest BCUT2D eigenvalue weighted by Crippen LogP contribution is 2.27. The molecule has 1 aromatic heterocycles. The van der Waals surface area contributed by atoms with E-state index < -0.39 is 0 Å². The van der Waals surface area contributed by atoms with E-state index in [1.54, 1.807) is 0 Å². The number of thiophene rings is 1. The molecule has 1 aliphatic carbocycles. The zero-order valence-corrected chi connectivity index (χ0v) is 11.3. The summed E-state index contributed by atoms with van der Waals surface area (Å²) in [4.78, 5) is 1.42. The van der Waals surface area contributed by atoms with Gasteiger partial charge in [-0.3, -0.25) is 0 Å². The van der Waals surface area contributed by atoms with Crippen LogP contribution < -0.4 is 5.32 Å². The van der Waals surface area contributed by atoms with Crippen LogP contribution in [0.15, 0.2) is 22.0 Å². The lowest BCUT2D eigenvalue weighted by molar-refractivity contribution is 0.476. The molecular formula is C12H16BrNS. The normalized spacial score (nSPS) is 20.8. The Morgan fingerprint density at radius 2 is 2.40 bits per heavy atom. The van der Waals surface area contributed by atoms with Gasteiger partial charge in [0.2, 0.25) is 0 Å². The molecule has 0 bridgehead atoms. The van der Waals surface area contributed by atoms with Crippen LogP contribution in [-0.2, 0) is 6.54 Å². The summed E-state index contributed by atoms with van der Waals surface area (Å²) in [5.41, 5.74) is 1.35. The molecule has 1 aliphatic rings. The first-order valence-electron chi connectivity index (χ1n) is 5.39. The second kappa shape index (κ2) is 5.28. The van der Waals surface area contributed by atoms with E-state index in [2.05, 4.69) is 46.4 Å². The molecule has 1 heterocycles. The van der Waals surface area contributed by atoms with Crippen LogP contribution in [0.4, 0.5) is 0 Å². The predicted octanol–water partition coefficient (Wildman–Crippen LogP) is 4.02. The standard InChI is InChI=1S/C12H16BrNS/c1-9-7-11(15-12(9)13)8-14-10-5-3-2-4-6-10/h2-3,7,10,14H,4-6,8H2,1H3. The molecule has 0 saturated heterocycles. The van der Waals surface area contributed by atoms with Crippen molar-refractivity contribution in [3.8, 4) is 0 Å². The predicted molar refractivity (Wildman–Crippen MR) is 70.4 cm³/mol. The Labute approximate surface area is 104 Å². The fourth-order valence-electron chi connectivity index (χ4n) is 1.83. The molecule has 0 spiro atoms. The fraction of sp³-hybridized carbons (Fsp3) is 0.500. The van der Waals surface area contributed by atoms with Crippen molar-refractivity contribution in [1.29, 1.82) is 0 Å². The molecule has 0 fully saturated rings. The van der Waals surface area contributed by atoms with E-state index in [1.165, 1.54) is 33.5 Å². The molecular weight excluding hydrogens is 270 g/mol. The summed E-state index contributed by atoms with van der Waals surface area (Å²) >= 11 is 5.40. The van der Waals surface area contributed by atoms with Crippen molar-refractivity contribution < 1.29 is 0 Å². The Hall–Kier alpha value is -0.120. The van der Waals surface area contributed by atoms with Gasteiger partial charge in [-0.15, -0.1) is 11.3 Å². The third-order valence-corrected chi connectivity index (χ3v) is 4.88. The number of allylic oxidation sites excluding steroid dienone is 1. The van der Waals surface area contributed by atoms with Gasteiger partial charge in [0, 0.05) is 17.5 Å². The second-order valence-corrected chi connectivity index (χ2v) is 6.49. The van der Waals surface area contributed by atoms with Crippen LogP contribution in [0.25, 0.3) is 0 Å². The Bertz CT molecular complexity index is 337. The number of hydrogen-bond donors (Lipinski definition) is 1. The number of hydrogen-bond acceptors (Lipinski definition) is 2. The summed E-state index contributed by atoms with van der Waals surface area (Å²) in [6.45, 7) is 3.16. The Balaban J connectivity index is 1.84. The first kappa shape index (κ1) is 11.4. The lowest BCUT2D eigenvalue weighted by Gasteiger charge is -2.18. The van der Waals surface area contributed by atoms with Gasteiger partial charge in [-0.25, -0.2) is 0 Å². The number of rotatable bonds is 3. The zero-order valence-electron chi connectivity index (χ0n) is 8.92. The van der Waals surface area contributed by atoms with Gasteiger partial charge in [-0.2, -0.15) is 0 Å². The first-order valence-corrected chi connectivity index (χ1v) is 7.00. The maximum absolute atomic E-state index is 3.62. The molecule has 1 unspecified atom stereocenters. The van der Waals surface area contributed by atoms with Crippen molar-refractivity contribution >= 4 is 27.3 Å². The number of aryl methyl sites for hydroxylation is 1. The van der Waals surface area contributed by atoms with E-state index in [4.69, 9.17) is 0 Å². The van der Waals surface area contributed by atoms with E-state index in [-0.39, 0.29) is 0 Å². The second-order valence-electron chi connectivity index (χ2n) is 4.03. The molecule has 15 heavy (non-hydrogen) atoms. The molecule has 0 amide bonds. The molecule has 2 rings (SSSR count). The lowest BCUT2D eigenvalue weighted by Crippen LogP contribution is -2.28. The molecule has 0 aliphatic heterocycles. The monoisotopic (exact) mass is 285 g/mol. The van der Waals surface area contributed by atoms with Gasteiger partial charge in [0.15, 0.2) is 0 Å². The molecule has 1 N–H and O–H groups in total. The van der Waals surface area contributed by atoms with Crippen molar-refractivity contribution in [2.24, 2.45) is 0 Å². The molecule has 1 nitrogen and oxygen atoms in total. The Morgan fingerprint density at radius 3 is 3.00 bits per heavy atom. The van der Waals surface area contributed by atoms with Crippen LogP contribution >= 0.6 is 27.3 Å². The van der Waals surface area contributed by atoms with Gasteiger partial charge >= 0.3 is 0 Å². The highest BCUT2D eigenvalue weighted by Gasteiger charge is 2.09. The minimum Gasteiger partial charge on any atom is -0.309 e. The van der Waals surface area contributed by atoms with Crippen molar-refractivity contribution in [1.82, 2.24) is 5.32 Å². The van der Waals surface area contributed by atoms with E-state index in [1.807, 2.05) is 11.3 Å². The molecule has 3 heteroatoms. The molecule has 1 aromatic rings. The van der Waals surface area contributed by atoms with Crippen molar-refractivity contribution in [2.45, 2.75) is 38.8 Å². The highest BCUT2D eigenvalue weighted by molar-refractivity contribution is 9.11. The fourth-order valence-corrected chi connectivity index (χ4v) is 3.41. The Morgan fingerprint density at radius 1 is 1.53 bits per heavy atom. The van der Waals surface area contributed by atoms with Crippen molar-refractivity contribution in [3.05, 3.63) is 32.4 Å². The Kier molecular flexibility index (Phi) is 4.00.